The first kappa shape index (κ1) is 72.6. The average molecular weight is 1040 g/mol. The predicted molar refractivity (Wildman–Crippen MR) is 336 cm³/mol. The minimum Gasteiger partial charge on any atom is -0.394 e. The monoisotopic (exact) mass is 1040 g/mol. The van der Waals surface area contributed by atoms with Gasteiger partial charge in [0.15, 0.2) is 0 Å². The van der Waals surface area contributed by atoms with Crippen molar-refractivity contribution >= 4 is 5.91 Å². The van der Waals surface area contributed by atoms with E-state index in [4.69, 9.17) is 0 Å². The number of hydrogen-bond acceptors (Lipinski definition) is 3. The van der Waals surface area contributed by atoms with Gasteiger partial charge in [-0.2, -0.15) is 0 Å². The van der Waals surface area contributed by atoms with Crippen molar-refractivity contribution in [3.05, 3.63) is 85.1 Å². The van der Waals surface area contributed by atoms with Crippen molar-refractivity contribution in [2.24, 2.45) is 0 Å². The Balaban J connectivity index is 3.44. The number of unbranched alkanes of at least 4 members (excludes halogenated alkanes) is 42. The molecule has 0 aliphatic carbocycles. The number of carbonyl (C=O) groups is 1. The second kappa shape index (κ2) is 65.9. The molecule has 4 nitrogen and oxygen atoms in total. The van der Waals surface area contributed by atoms with Crippen LogP contribution in [0.5, 0.6) is 0 Å². The quantitative estimate of drug-likeness (QED) is 0.0420. The van der Waals surface area contributed by atoms with E-state index in [0.29, 0.717) is 6.42 Å². The van der Waals surface area contributed by atoms with E-state index in [1.165, 1.54) is 257 Å². The Morgan fingerprint density at radius 2 is 0.600 bits per heavy atom. The smallest absolute Gasteiger partial charge is 0.220 e. The van der Waals surface area contributed by atoms with Crippen molar-refractivity contribution < 1.29 is 15.0 Å². The summed E-state index contributed by atoms with van der Waals surface area (Å²) < 4.78 is 0. The zero-order valence-corrected chi connectivity index (χ0v) is 50.3. The van der Waals surface area contributed by atoms with Crippen LogP contribution in [-0.4, -0.2) is 34.9 Å². The van der Waals surface area contributed by atoms with E-state index in [-0.39, 0.29) is 12.5 Å². The number of hydrogen-bond donors (Lipinski definition) is 3. The summed E-state index contributed by atoms with van der Waals surface area (Å²) in [5, 5.41) is 23.2. The minimum atomic E-state index is -0.864. The molecule has 0 aromatic carbocycles. The van der Waals surface area contributed by atoms with Crippen LogP contribution >= 0.6 is 0 Å². The molecule has 0 saturated heterocycles. The highest BCUT2D eigenvalue weighted by Gasteiger charge is 2.18. The highest BCUT2D eigenvalue weighted by Crippen LogP contribution is 2.18. The number of rotatable bonds is 61. The van der Waals surface area contributed by atoms with Crippen LogP contribution in [0.4, 0.5) is 0 Å². The molecule has 0 bridgehead atoms. The van der Waals surface area contributed by atoms with Gasteiger partial charge in [-0.05, 0) is 77.0 Å². The Hall–Kier alpha value is -2.43. The molecule has 1 amide bonds. The van der Waals surface area contributed by atoms with Crippen LogP contribution in [0.2, 0.25) is 0 Å². The molecule has 0 radical (unpaired) electrons. The van der Waals surface area contributed by atoms with Crippen molar-refractivity contribution in [2.45, 2.75) is 353 Å². The second-order valence-corrected chi connectivity index (χ2v) is 22.5. The Labute approximate surface area is 469 Å². The average Bonchev–Trinajstić information content (AvgIpc) is 3.41. The third-order valence-electron chi connectivity index (χ3n) is 15.1. The molecule has 2 unspecified atom stereocenters. The van der Waals surface area contributed by atoms with Crippen LogP contribution in [0.15, 0.2) is 85.1 Å². The van der Waals surface area contributed by atoms with E-state index in [1.54, 1.807) is 6.08 Å². The molecule has 0 saturated carbocycles. The second-order valence-electron chi connectivity index (χ2n) is 22.5. The lowest BCUT2D eigenvalue weighted by atomic mass is 10.0. The van der Waals surface area contributed by atoms with Gasteiger partial charge < -0.3 is 15.5 Å². The fraction of sp³-hybridized carbons (Fsp3) is 0.789. The maximum absolute atomic E-state index is 12.5. The van der Waals surface area contributed by atoms with E-state index >= 15 is 0 Å². The summed E-state index contributed by atoms with van der Waals surface area (Å²) in [4.78, 5) is 12.5. The number of amides is 1. The SMILES string of the molecule is CC/C=C\C/C=C\C/C=C\C/C=C\C/C=C\CCCCCCCCCCCCCCCCCCCCCCCCCCCC(=O)NC(CO)C(O)/C=C/CC/C=C/CCCCCCCCCCCCCCCCCC. The summed E-state index contributed by atoms with van der Waals surface area (Å²) in [6, 6.07) is -0.641. The fourth-order valence-electron chi connectivity index (χ4n) is 10.1. The van der Waals surface area contributed by atoms with Crippen LogP contribution in [0.1, 0.15) is 341 Å². The third kappa shape index (κ3) is 62.3. The molecule has 0 rings (SSSR count). The zero-order valence-electron chi connectivity index (χ0n) is 50.3. The largest absolute Gasteiger partial charge is 0.394 e. The molecule has 4 heteroatoms. The van der Waals surface area contributed by atoms with E-state index < -0.39 is 12.1 Å². The summed E-state index contributed by atoms with van der Waals surface area (Å²) in [6.07, 6.45) is 96.6. The van der Waals surface area contributed by atoms with Gasteiger partial charge in [-0.15, -0.1) is 0 Å². The highest BCUT2D eigenvalue weighted by molar-refractivity contribution is 5.76. The maximum atomic E-state index is 12.5. The topological polar surface area (TPSA) is 69.6 Å². The van der Waals surface area contributed by atoms with Gasteiger partial charge in [-0.1, -0.05) is 343 Å². The minimum absolute atomic E-state index is 0.0687. The molecule has 0 aromatic heterocycles. The number of carbonyl (C=O) groups excluding carboxylic acids is 1. The van der Waals surface area contributed by atoms with Gasteiger partial charge in [0.1, 0.15) is 0 Å². The Bertz CT molecular complexity index is 1320. The fourth-order valence-corrected chi connectivity index (χ4v) is 10.1. The predicted octanol–water partition coefficient (Wildman–Crippen LogP) is 22.7. The van der Waals surface area contributed by atoms with Crippen LogP contribution in [0.25, 0.3) is 0 Å². The van der Waals surface area contributed by atoms with Gasteiger partial charge in [0.2, 0.25) is 5.91 Å². The van der Waals surface area contributed by atoms with Crippen molar-refractivity contribution in [3.8, 4) is 0 Å². The lowest BCUT2D eigenvalue weighted by Crippen LogP contribution is -2.45. The molecule has 3 N–H and O–H groups in total. The van der Waals surface area contributed by atoms with Gasteiger partial charge in [0.05, 0.1) is 18.8 Å². The van der Waals surface area contributed by atoms with E-state index in [2.05, 4.69) is 92.1 Å². The van der Waals surface area contributed by atoms with Crippen LogP contribution in [0.3, 0.4) is 0 Å². The zero-order chi connectivity index (χ0) is 54.1. The summed E-state index contributed by atoms with van der Waals surface area (Å²) in [5.41, 5.74) is 0. The molecule has 75 heavy (non-hydrogen) atoms. The molecular formula is C71H129NO3. The lowest BCUT2D eigenvalue weighted by Gasteiger charge is -2.19. The molecule has 0 aliphatic rings. The van der Waals surface area contributed by atoms with Gasteiger partial charge in [-0.3, -0.25) is 4.79 Å². The normalized spacial score (nSPS) is 13.3. The molecule has 0 spiro atoms. The van der Waals surface area contributed by atoms with E-state index in [0.717, 1.165) is 64.2 Å². The van der Waals surface area contributed by atoms with Crippen LogP contribution in [0, 0.1) is 0 Å². The van der Waals surface area contributed by atoms with E-state index in [9.17, 15) is 15.0 Å². The molecule has 0 heterocycles. The van der Waals surface area contributed by atoms with Gasteiger partial charge >= 0.3 is 0 Å². The first-order valence-corrected chi connectivity index (χ1v) is 33.3. The van der Waals surface area contributed by atoms with Crippen LogP contribution in [-0.2, 0) is 4.79 Å². The third-order valence-corrected chi connectivity index (χ3v) is 15.1. The number of aliphatic hydroxyl groups excluding tert-OH is 2. The molecule has 2 atom stereocenters. The number of aliphatic hydroxyl groups is 2. The molecule has 0 aromatic rings. The van der Waals surface area contributed by atoms with Gasteiger partial charge in [0.25, 0.3) is 0 Å². The Kier molecular flexibility index (Phi) is 63.7. The van der Waals surface area contributed by atoms with Crippen LogP contribution < -0.4 is 5.32 Å². The molecule has 0 fully saturated rings. The molecule has 436 valence electrons. The van der Waals surface area contributed by atoms with Crippen molar-refractivity contribution in [1.29, 1.82) is 0 Å². The number of nitrogens with one attached hydrogen (secondary N) is 1. The molecular weight excluding hydrogens is 915 g/mol. The van der Waals surface area contributed by atoms with Crippen molar-refractivity contribution in [2.75, 3.05) is 6.61 Å². The summed E-state index contributed by atoms with van der Waals surface area (Å²) in [6.45, 7) is 4.21. The van der Waals surface area contributed by atoms with Crippen molar-refractivity contribution in [1.82, 2.24) is 5.32 Å². The summed E-state index contributed by atoms with van der Waals surface area (Å²) in [7, 11) is 0. The van der Waals surface area contributed by atoms with Gasteiger partial charge in [-0.25, -0.2) is 0 Å². The first-order chi connectivity index (χ1) is 37.2. The standard InChI is InChI=1S/C71H129NO3/c1-3-5-7-9-11-13-15-17-19-21-23-25-27-28-29-30-31-32-33-34-35-36-37-38-39-40-41-42-43-44-45-47-49-51-53-55-57-59-61-63-65-67-71(75)72-69(68-73)70(74)66-64-62-60-58-56-54-52-50-48-46-26-24-22-20-18-16-14-12-10-8-6-4-2/h5,7,11,13,17,19,23,25,28-29,56,58,64,66,69-70,73-74H,3-4,6,8-10,12,14-16,18,20-22,24,26-27,30-55,57,59-63,65,67-68H2,1-2H3,(H,72,75)/b7-5-,13-11-,19-17-,25-23-,29-28-,58-56+,66-64+. The Morgan fingerprint density at radius 3 is 0.933 bits per heavy atom. The summed E-state index contributed by atoms with van der Waals surface area (Å²) in [5.74, 6) is -0.0687. The summed E-state index contributed by atoms with van der Waals surface area (Å²) >= 11 is 0. The first-order valence-electron chi connectivity index (χ1n) is 33.3. The van der Waals surface area contributed by atoms with E-state index in [1.807, 2.05) is 6.08 Å². The highest BCUT2D eigenvalue weighted by atomic mass is 16.3. The van der Waals surface area contributed by atoms with Crippen molar-refractivity contribution in [3.63, 3.8) is 0 Å². The number of allylic oxidation sites excluding steroid dienone is 13. The lowest BCUT2D eigenvalue weighted by molar-refractivity contribution is -0.123. The van der Waals surface area contributed by atoms with Gasteiger partial charge in [0, 0.05) is 6.42 Å². The molecule has 0 aliphatic heterocycles. The maximum Gasteiger partial charge on any atom is 0.220 e. The Morgan fingerprint density at radius 1 is 0.333 bits per heavy atom.